The molecule has 76 valence electrons. The second-order valence-corrected chi connectivity index (χ2v) is 2.97. The lowest BCUT2D eigenvalue weighted by molar-refractivity contribution is 0.198. The Labute approximate surface area is 82.6 Å². The Kier molecular flexibility index (Phi) is 3.65. The fourth-order valence-corrected chi connectivity index (χ4v) is 1.04. The van der Waals surface area contributed by atoms with Gasteiger partial charge in [0.1, 0.15) is 6.61 Å². The maximum Gasteiger partial charge on any atom is 0.165 e. The maximum atomic E-state index is 13.3. The molecule has 1 rings (SSSR count). The summed E-state index contributed by atoms with van der Waals surface area (Å²) < 4.78 is 18.3. The van der Waals surface area contributed by atoms with Gasteiger partial charge in [0.15, 0.2) is 11.6 Å². The molecule has 0 aliphatic carbocycles. The van der Waals surface area contributed by atoms with Crippen LogP contribution < -0.4 is 4.74 Å². The third kappa shape index (κ3) is 2.57. The van der Waals surface area contributed by atoms with Crippen LogP contribution in [0.1, 0.15) is 18.6 Å². The fraction of sp³-hybridized carbons (Fsp3) is 0.273. The molecule has 0 fully saturated rings. The van der Waals surface area contributed by atoms with Crippen molar-refractivity contribution in [2.24, 2.45) is 0 Å². The molecule has 0 amide bonds. The molecular weight excluding hydrogens is 183 g/mol. The van der Waals surface area contributed by atoms with Crippen molar-refractivity contribution < 1.29 is 14.2 Å². The molecule has 1 aromatic rings. The van der Waals surface area contributed by atoms with Crippen LogP contribution >= 0.6 is 0 Å². The number of rotatable bonds is 4. The van der Waals surface area contributed by atoms with Crippen LogP contribution in [0.2, 0.25) is 0 Å². The van der Waals surface area contributed by atoms with E-state index in [0.717, 1.165) is 0 Å². The van der Waals surface area contributed by atoms with Crippen LogP contribution in [0.25, 0.3) is 0 Å². The van der Waals surface area contributed by atoms with Crippen molar-refractivity contribution >= 4 is 0 Å². The first kappa shape index (κ1) is 10.7. The smallest absolute Gasteiger partial charge is 0.165 e. The van der Waals surface area contributed by atoms with Gasteiger partial charge in [-0.3, -0.25) is 0 Å². The number of hydrogen-bond donors (Lipinski definition) is 1. The van der Waals surface area contributed by atoms with E-state index in [1.54, 1.807) is 19.1 Å². The largest absolute Gasteiger partial charge is 0.486 e. The molecule has 1 atom stereocenters. The third-order valence-electron chi connectivity index (χ3n) is 1.80. The van der Waals surface area contributed by atoms with Crippen LogP contribution in [0.4, 0.5) is 4.39 Å². The summed E-state index contributed by atoms with van der Waals surface area (Å²) in [5.41, 5.74) is 0.536. The van der Waals surface area contributed by atoms with Gasteiger partial charge < -0.3 is 9.84 Å². The Hall–Kier alpha value is -1.35. The van der Waals surface area contributed by atoms with Crippen molar-refractivity contribution in [1.29, 1.82) is 0 Å². The summed E-state index contributed by atoms with van der Waals surface area (Å²) in [6.07, 6.45) is 0.875. The second-order valence-electron chi connectivity index (χ2n) is 2.97. The van der Waals surface area contributed by atoms with Gasteiger partial charge in [-0.1, -0.05) is 18.7 Å². The lowest BCUT2D eigenvalue weighted by Crippen LogP contribution is -1.98. The minimum absolute atomic E-state index is 0.175. The van der Waals surface area contributed by atoms with Crippen LogP contribution in [0.5, 0.6) is 5.75 Å². The molecule has 0 aliphatic heterocycles. The maximum absolute atomic E-state index is 13.3. The summed E-state index contributed by atoms with van der Waals surface area (Å²) in [5.74, 6) is -0.292. The standard InChI is InChI=1S/C11H13FO2/c1-3-6-14-11-5-4-9(8(2)13)7-10(11)12/h3-5,7-8,13H,1,6H2,2H3. The Balaban J connectivity index is 2.84. The molecule has 3 heteroatoms. The fourth-order valence-electron chi connectivity index (χ4n) is 1.04. The highest BCUT2D eigenvalue weighted by atomic mass is 19.1. The van der Waals surface area contributed by atoms with Gasteiger partial charge in [0.05, 0.1) is 6.10 Å². The van der Waals surface area contributed by atoms with Gasteiger partial charge in [-0.05, 0) is 24.6 Å². The first-order chi connectivity index (χ1) is 6.65. The zero-order chi connectivity index (χ0) is 10.6. The molecule has 0 aromatic heterocycles. The van der Waals surface area contributed by atoms with Gasteiger partial charge in [0, 0.05) is 0 Å². The summed E-state index contributed by atoms with van der Waals surface area (Å²) in [6.45, 7) is 5.31. The van der Waals surface area contributed by atoms with Crippen LogP contribution in [0.3, 0.4) is 0 Å². The monoisotopic (exact) mass is 196 g/mol. The third-order valence-corrected chi connectivity index (χ3v) is 1.80. The number of benzene rings is 1. The van der Waals surface area contributed by atoms with Crippen LogP contribution in [-0.2, 0) is 0 Å². The highest BCUT2D eigenvalue weighted by Gasteiger charge is 2.06. The molecule has 1 unspecified atom stereocenters. The Morgan fingerprint density at radius 2 is 2.36 bits per heavy atom. The summed E-state index contributed by atoms with van der Waals surface area (Å²) in [7, 11) is 0. The molecule has 0 saturated carbocycles. The average molecular weight is 196 g/mol. The van der Waals surface area contributed by atoms with Crippen LogP contribution in [0, 0.1) is 5.82 Å². The zero-order valence-corrected chi connectivity index (χ0v) is 8.03. The number of aliphatic hydroxyl groups is 1. The lowest BCUT2D eigenvalue weighted by Gasteiger charge is -2.08. The summed E-state index contributed by atoms with van der Waals surface area (Å²) in [5, 5.41) is 9.19. The van der Waals surface area contributed by atoms with E-state index < -0.39 is 11.9 Å². The van der Waals surface area contributed by atoms with E-state index in [0.29, 0.717) is 5.56 Å². The number of halogens is 1. The van der Waals surface area contributed by atoms with E-state index in [1.165, 1.54) is 12.1 Å². The number of hydrogen-bond acceptors (Lipinski definition) is 2. The number of ether oxygens (including phenoxy) is 1. The minimum atomic E-state index is -0.669. The van der Waals surface area contributed by atoms with E-state index in [-0.39, 0.29) is 12.4 Å². The molecule has 0 aliphatic rings. The predicted octanol–water partition coefficient (Wildman–Crippen LogP) is 2.44. The highest BCUT2D eigenvalue weighted by Crippen LogP contribution is 2.21. The number of aliphatic hydroxyl groups excluding tert-OH is 1. The SMILES string of the molecule is C=CCOc1ccc(C(C)O)cc1F. The Bertz CT molecular complexity index is 321. The first-order valence-corrected chi connectivity index (χ1v) is 4.36. The van der Waals surface area contributed by atoms with E-state index >= 15 is 0 Å². The predicted molar refractivity (Wildman–Crippen MR) is 52.7 cm³/mol. The van der Waals surface area contributed by atoms with Gasteiger partial charge in [-0.25, -0.2) is 4.39 Å². The Morgan fingerprint density at radius 3 is 2.86 bits per heavy atom. The van der Waals surface area contributed by atoms with Gasteiger partial charge in [-0.15, -0.1) is 0 Å². The molecule has 14 heavy (non-hydrogen) atoms. The van der Waals surface area contributed by atoms with Crippen molar-refractivity contribution in [2.75, 3.05) is 6.61 Å². The van der Waals surface area contributed by atoms with Crippen molar-refractivity contribution in [2.45, 2.75) is 13.0 Å². The summed E-state index contributed by atoms with van der Waals surface area (Å²) >= 11 is 0. The van der Waals surface area contributed by atoms with E-state index in [9.17, 15) is 9.50 Å². The molecule has 0 saturated heterocycles. The Morgan fingerprint density at radius 1 is 1.64 bits per heavy atom. The van der Waals surface area contributed by atoms with E-state index in [1.807, 2.05) is 0 Å². The van der Waals surface area contributed by atoms with Crippen LogP contribution in [0.15, 0.2) is 30.9 Å². The quantitative estimate of drug-likeness (QED) is 0.749. The van der Waals surface area contributed by atoms with Gasteiger partial charge in [0.2, 0.25) is 0 Å². The molecular formula is C11H13FO2. The minimum Gasteiger partial charge on any atom is -0.486 e. The van der Waals surface area contributed by atoms with E-state index in [4.69, 9.17) is 4.74 Å². The van der Waals surface area contributed by atoms with E-state index in [2.05, 4.69) is 6.58 Å². The molecule has 0 bridgehead atoms. The molecule has 0 spiro atoms. The molecule has 1 N–H and O–H groups in total. The van der Waals surface area contributed by atoms with Crippen molar-refractivity contribution in [3.05, 3.63) is 42.2 Å². The first-order valence-electron chi connectivity index (χ1n) is 4.36. The molecule has 2 nitrogen and oxygen atoms in total. The zero-order valence-electron chi connectivity index (χ0n) is 8.03. The molecule has 0 heterocycles. The highest BCUT2D eigenvalue weighted by molar-refractivity contribution is 5.30. The van der Waals surface area contributed by atoms with Gasteiger partial charge in [0.25, 0.3) is 0 Å². The van der Waals surface area contributed by atoms with Crippen molar-refractivity contribution in [1.82, 2.24) is 0 Å². The molecule has 0 radical (unpaired) electrons. The summed E-state index contributed by atoms with van der Waals surface area (Å²) in [6, 6.07) is 4.40. The van der Waals surface area contributed by atoms with Gasteiger partial charge in [-0.2, -0.15) is 0 Å². The second kappa shape index (κ2) is 4.77. The summed E-state index contributed by atoms with van der Waals surface area (Å²) in [4.78, 5) is 0. The van der Waals surface area contributed by atoms with Crippen molar-refractivity contribution in [3.8, 4) is 5.75 Å². The van der Waals surface area contributed by atoms with Crippen LogP contribution in [-0.4, -0.2) is 11.7 Å². The topological polar surface area (TPSA) is 29.5 Å². The van der Waals surface area contributed by atoms with Crippen molar-refractivity contribution in [3.63, 3.8) is 0 Å². The normalized spacial score (nSPS) is 12.2. The van der Waals surface area contributed by atoms with Gasteiger partial charge >= 0.3 is 0 Å². The average Bonchev–Trinajstić information content (AvgIpc) is 2.15. The lowest BCUT2D eigenvalue weighted by atomic mass is 10.1. The molecule has 1 aromatic carbocycles.